The van der Waals surface area contributed by atoms with Gasteiger partial charge in [0.25, 0.3) is 0 Å². The van der Waals surface area contributed by atoms with Crippen LogP contribution in [0.2, 0.25) is 0 Å². The van der Waals surface area contributed by atoms with Crippen molar-refractivity contribution < 1.29 is 14.5 Å². The van der Waals surface area contributed by atoms with E-state index in [0.29, 0.717) is 6.42 Å². The molecule has 1 fully saturated rings. The molecular weight excluding hydrogens is 294 g/mol. The molecule has 0 bridgehead atoms. The Hall–Kier alpha value is -1.91. The van der Waals surface area contributed by atoms with Gasteiger partial charge in [-0.3, -0.25) is 14.9 Å². The Morgan fingerprint density at radius 2 is 1.91 bits per heavy atom. The number of carbonyl (C=O) groups excluding carboxylic acids is 1. The first-order valence-electron chi connectivity index (χ1n) is 8.18. The summed E-state index contributed by atoms with van der Waals surface area (Å²) in [5, 5.41) is 11.7. The molecule has 0 heterocycles. The number of hydrogen-bond acceptors (Lipinski definition) is 4. The van der Waals surface area contributed by atoms with E-state index in [-0.39, 0.29) is 29.1 Å². The summed E-state index contributed by atoms with van der Waals surface area (Å²) < 4.78 is 5.35. The molecule has 0 radical (unpaired) electrons. The molecule has 1 saturated carbocycles. The average Bonchev–Trinajstić information content (AvgIpc) is 2.45. The third-order valence-corrected chi connectivity index (χ3v) is 4.31. The van der Waals surface area contributed by atoms with E-state index in [2.05, 4.69) is 0 Å². The molecule has 0 spiro atoms. The standard InChI is InChI=1S/C18H25NO4/c1-18(2,3)23-16(20)12-14-10-7-11-15(17(14)19(21)22)13-8-5-4-6-9-13/h4-6,8-9,14-15,17H,7,10-12H2,1-3H3/t14-,15+,17-/m1/s1. The highest BCUT2D eigenvalue weighted by Gasteiger charge is 2.43. The van der Waals surface area contributed by atoms with Gasteiger partial charge >= 0.3 is 5.97 Å². The lowest BCUT2D eigenvalue weighted by molar-refractivity contribution is -0.539. The molecule has 1 aliphatic carbocycles. The number of carbonyl (C=O) groups is 1. The first-order chi connectivity index (χ1) is 10.8. The van der Waals surface area contributed by atoms with Crippen LogP contribution in [-0.4, -0.2) is 22.5 Å². The van der Waals surface area contributed by atoms with Gasteiger partial charge in [0.2, 0.25) is 6.04 Å². The van der Waals surface area contributed by atoms with E-state index in [9.17, 15) is 14.9 Å². The van der Waals surface area contributed by atoms with Crippen LogP contribution in [0.1, 0.15) is 57.9 Å². The summed E-state index contributed by atoms with van der Waals surface area (Å²) in [5.41, 5.74) is 0.428. The predicted octanol–water partition coefficient (Wildman–Crippen LogP) is 3.95. The lowest BCUT2D eigenvalue weighted by Gasteiger charge is -2.32. The van der Waals surface area contributed by atoms with E-state index < -0.39 is 11.6 Å². The fraction of sp³-hybridized carbons (Fsp3) is 0.611. The molecule has 0 amide bonds. The molecule has 0 N–H and O–H groups in total. The molecule has 2 rings (SSSR count). The number of ether oxygens (including phenoxy) is 1. The molecule has 23 heavy (non-hydrogen) atoms. The van der Waals surface area contributed by atoms with Gasteiger partial charge in [0.1, 0.15) is 5.60 Å². The quantitative estimate of drug-likeness (QED) is 0.479. The number of benzene rings is 1. The molecule has 0 unspecified atom stereocenters. The van der Waals surface area contributed by atoms with Gasteiger partial charge in [0.15, 0.2) is 0 Å². The Morgan fingerprint density at radius 3 is 2.48 bits per heavy atom. The Balaban J connectivity index is 2.15. The molecule has 126 valence electrons. The SMILES string of the molecule is CC(C)(C)OC(=O)C[C@H]1CCC[C@@H](c2ccccc2)[C@@H]1[N+](=O)[O-]. The zero-order valence-corrected chi connectivity index (χ0v) is 14.0. The van der Waals surface area contributed by atoms with Crippen molar-refractivity contribution >= 4 is 5.97 Å². The molecule has 3 atom stereocenters. The van der Waals surface area contributed by atoms with Crippen molar-refractivity contribution in [3.05, 3.63) is 46.0 Å². The van der Waals surface area contributed by atoms with Crippen LogP contribution in [0, 0.1) is 16.0 Å². The van der Waals surface area contributed by atoms with Gasteiger partial charge in [-0.2, -0.15) is 0 Å². The molecule has 1 aliphatic rings. The van der Waals surface area contributed by atoms with E-state index in [1.807, 2.05) is 51.1 Å². The van der Waals surface area contributed by atoms with Crippen LogP contribution < -0.4 is 0 Å². The van der Waals surface area contributed by atoms with Gasteiger partial charge in [0.05, 0.1) is 12.3 Å². The summed E-state index contributed by atoms with van der Waals surface area (Å²) in [6.07, 6.45) is 2.51. The Bertz CT molecular complexity index is 550. The number of esters is 1. The van der Waals surface area contributed by atoms with Crippen molar-refractivity contribution in [1.29, 1.82) is 0 Å². The van der Waals surface area contributed by atoms with Crippen molar-refractivity contribution in [2.75, 3.05) is 0 Å². The minimum Gasteiger partial charge on any atom is -0.460 e. The van der Waals surface area contributed by atoms with Crippen LogP contribution in [-0.2, 0) is 9.53 Å². The van der Waals surface area contributed by atoms with Gasteiger partial charge in [-0.15, -0.1) is 0 Å². The highest BCUT2D eigenvalue weighted by atomic mass is 16.6. The number of rotatable bonds is 4. The normalized spacial score (nSPS) is 24.9. The van der Waals surface area contributed by atoms with E-state index in [0.717, 1.165) is 18.4 Å². The van der Waals surface area contributed by atoms with Gasteiger partial charge in [0, 0.05) is 10.8 Å². The summed E-state index contributed by atoms with van der Waals surface area (Å²) >= 11 is 0. The van der Waals surface area contributed by atoms with Gasteiger partial charge in [-0.1, -0.05) is 36.8 Å². The molecular formula is C18H25NO4. The molecule has 5 heteroatoms. The van der Waals surface area contributed by atoms with Crippen molar-refractivity contribution in [1.82, 2.24) is 0 Å². The zero-order chi connectivity index (χ0) is 17.0. The second kappa shape index (κ2) is 7.11. The smallest absolute Gasteiger partial charge is 0.306 e. The topological polar surface area (TPSA) is 69.4 Å². The van der Waals surface area contributed by atoms with E-state index >= 15 is 0 Å². The first-order valence-corrected chi connectivity index (χ1v) is 8.18. The Morgan fingerprint density at radius 1 is 1.26 bits per heavy atom. The monoisotopic (exact) mass is 319 g/mol. The van der Waals surface area contributed by atoms with Crippen LogP contribution in [0.3, 0.4) is 0 Å². The maximum atomic E-state index is 12.1. The van der Waals surface area contributed by atoms with Crippen molar-refractivity contribution in [2.24, 2.45) is 5.92 Å². The minimum absolute atomic E-state index is 0.117. The average molecular weight is 319 g/mol. The zero-order valence-electron chi connectivity index (χ0n) is 14.0. The second-order valence-electron chi connectivity index (χ2n) is 7.27. The fourth-order valence-corrected chi connectivity index (χ4v) is 3.47. The minimum atomic E-state index is -0.723. The van der Waals surface area contributed by atoms with E-state index in [1.165, 1.54) is 0 Å². The highest BCUT2D eigenvalue weighted by Crippen LogP contribution is 2.39. The molecule has 0 aliphatic heterocycles. The van der Waals surface area contributed by atoms with Crippen LogP contribution in [0.15, 0.2) is 30.3 Å². The van der Waals surface area contributed by atoms with Crippen LogP contribution in [0.25, 0.3) is 0 Å². The fourth-order valence-electron chi connectivity index (χ4n) is 3.47. The van der Waals surface area contributed by atoms with Gasteiger partial charge in [-0.25, -0.2) is 0 Å². The number of hydrogen-bond donors (Lipinski definition) is 0. The largest absolute Gasteiger partial charge is 0.460 e. The van der Waals surface area contributed by atoms with Gasteiger partial charge < -0.3 is 4.74 Å². The lowest BCUT2D eigenvalue weighted by Crippen LogP contribution is -2.40. The first kappa shape index (κ1) is 17.4. The molecule has 0 saturated heterocycles. The van der Waals surface area contributed by atoms with Crippen LogP contribution >= 0.6 is 0 Å². The maximum absolute atomic E-state index is 12.1. The molecule has 1 aromatic rings. The molecule has 5 nitrogen and oxygen atoms in total. The third kappa shape index (κ3) is 4.78. The van der Waals surface area contributed by atoms with Crippen molar-refractivity contribution in [2.45, 2.75) is 64.0 Å². The van der Waals surface area contributed by atoms with E-state index in [4.69, 9.17) is 4.74 Å². The summed E-state index contributed by atoms with van der Waals surface area (Å²) in [7, 11) is 0. The summed E-state index contributed by atoms with van der Waals surface area (Å²) in [6.45, 7) is 5.43. The molecule has 1 aromatic carbocycles. The highest BCUT2D eigenvalue weighted by molar-refractivity contribution is 5.70. The van der Waals surface area contributed by atoms with Crippen molar-refractivity contribution in [3.63, 3.8) is 0 Å². The Labute approximate surface area is 137 Å². The number of nitro groups is 1. The summed E-state index contributed by atoms with van der Waals surface area (Å²) in [4.78, 5) is 23.6. The van der Waals surface area contributed by atoms with Crippen LogP contribution in [0.4, 0.5) is 0 Å². The Kier molecular flexibility index (Phi) is 5.39. The number of nitrogens with zero attached hydrogens (tertiary/aromatic N) is 1. The van der Waals surface area contributed by atoms with E-state index in [1.54, 1.807) is 0 Å². The predicted molar refractivity (Wildman–Crippen MR) is 87.8 cm³/mol. The molecule has 0 aromatic heterocycles. The lowest BCUT2D eigenvalue weighted by atomic mass is 9.73. The summed E-state index contributed by atoms with van der Waals surface area (Å²) in [6, 6.07) is 8.88. The summed E-state index contributed by atoms with van der Waals surface area (Å²) in [5.74, 6) is -0.741. The van der Waals surface area contributed by atoms with Crippen LogP contribution in [0.5, 0.6) is 0 Å². The maximum Gasteiger partial charge on any atom is 0.306 e. The van der Waals surface area contributed by atoms with Crippen molar-refractivity contribution in [3.8, 4) is 0 Å². The second-order valence-corrected chi connectivity index (χ2v) is 7.27. The third-order valence-electron chi connectivity index (χ3n) is 4.31. The van der Waals surface area contributed by atoms with Gasteiger partial charge in [-0.05, 0) is 39.2 Å².